The Morgan fingerprint density at radius 2 is 2.12 bits per heavy atom. The van der Waals surface area contributed by atoms with Gasteiger partial charge in [-0.25, -0.2) is 0 Å². The molecule has 2 nitrogen and oxygen atoms in total. The largest absolute Gasteiger partial charge is 0.396 e. The van der Waals surface area contributed by atoms with Crippen molar-refractivity contribution in [1.29, 1.82) is 0 Å². The maximum absolute atomic E-state index is 9.48. The summed E-state index contributed by atoms with van der Waals surface area (Å²) in [6.45, 7) is 7.63. The van der Waals surface area contributed by atoms with E-state index in [0.29, 0.717) is 6.04 Å². The first-order valence-corrected chi connectivity index (χ1v) is 6.93. The molecule has 0 saturated heterocycles. The minimum absolute atomic E-state index is 0.0471. The summed E-state index contributed by atoms with van der Waals surface area (Å²) in [5.41, 5.74) is 0.0471. The lowest BCUT2D eigenvalue weighted by Crippen LogP contribution is -2.37. The predicted molar refractivity (Wildman–Crippen MR) is 70.8 cm³/mol. The Bertz CT molecular complexity index is 272. The first-order valence-electron chi connectivity index (χ1n) is 6.05. The smallest absolute Gasteiger partial charge is 0.0499 e. The van der Waals surface area contributed by atoms with Crippen LogP contribution in [0.1, 0.15) is 44.5 Å². The molecule has 0 aliphatic carbocycles. The van der Waals surface area contributed by atoms with E-state index in [1.807, 2.05) is 0 Å². The van der Waals surface area contributed by atoms with Gasteiger partial charge in [-0.15, -0.1) is 11.3 Å². The third-order valence-corrected chi connectivity index (χ3v) is 4.64. The fourth-order valence-corrected chi connectivity index (χ4v) is 2.55. The number of hydrogen-bond donors (Lipinski definition) is 2. The van der Waals surface area contributed by atoms with Crippen LogP contribution < -0.4 is 5.32 Å². The number of rotatable bonds is 7. The highest BCUT2D eigenvalue weighted by Crippen LogP contribution is 2.26. The van der Waals surface area contributed by atoms with Crippen LogP contribution in [-0.2, 0) is 0 Å². The first kappa shape index (κ1) is 13.7. The van der Waals surface area contributed by atoms with Gasteiger partial charge < -0.3 is 10.4 Å². The van der Waals surface area contributed by atoms with Gasteiger partial charge in [0.25, 0.3) is 0 Å². The second-order valence-corrected chi connectivity index (χ2v) is 5.46. The van der Waals surface area contributed by atoms with Crippen LogP contribution >= 0.6 is 11.3 Å². The fourth-order valence-electron chi connectivity index (χ4n) is 1.79. The molecule has 1 rings (SSSR count). The Morgan fingerprint density at radius 1 is 1.44 bits per heavy atom. The number of aliphatic hydroxyl groups excluding tert-OH is 1. The van der Waals surface area contributed by atoms with E-state index in [4.69, 9.17) is 0 Å². The van der Waals surface area contributed by atoms with E-state index in [-0.39, 0.29) is 12.0 Å². The summed E-state index contributed by atoms with van der Waals surface area (Å²) < 4.78 is 0. The molecule has 0 fully saturated rings. The summed E-state index contributed by atoms with van der Waals surface area (Å²) in [7, 11) is 0. The Kier molecular flexibility index (Phi) is 5.46. The van der Waals surface area contributed by atoms with Crippen LogP contribution in [0, 0.1) is 5.41 Å². The molecule has 1 aromatic heterocycles. The normalized spacial score (nSPS) is 14.0. The molecular formula is C13H23NOS. The summed E-state index contributed by atoms with van der Waals surface area (Å²) in [5.74, 6) is 0. The highest BCUT2D eigenvalue weighted by Gasteiger charge is 2.25. The van der Waals surface area contributed by atoms with Crippen molar-refractivity contribution in [3.63, 3.8) is 0 Å². The van der Waals surface area contributed by atoms with E-state index in [9.17, 15) is 5.11 Å². The molecule has 0 unspecified atom stereocenters. The molecule has 0 aliphatic rings. The lowest BCUT2D eigenvalue weighted by molar-refractivity contribution is 0.110. The summed E-state index contributed by atoms with van der Waals surface area (Å²) in [6, 6.07) is 4.61. The van der Waals surface area contributed by atoms with Gasteiger partial charge in [0, 0.05) is 29.5 Å². The lowest BCUT2D eigenvalue weighted by atomic mass is 9.83. The van der Waals surface area contributed by atoms with Gasteiger partial charge in [0.05, 0.1) is 0 Å². The van der Waals surface area contributed by atoms with Crippen molar-refractivity contribution in [2.45, 2.75) is 39.7 Å². The maximum Gasteiger partial charge on any atom is 0.0499 e. The molecule has 0 aromatic carbocycles. The highest BCUT2D eigenvalue weighted by atomic mass is 32.1. The van der Waals surface area contributed by atoms with E-state index in [0.717, 1.165) is 19.4 Å². The van der Waals surface area contributed by atoms with Crippen molar-refractivity contribution < 1.29 is 5.11 Å². The number of hydrogen-bond acceptors (Lipinski definition) is 3. The van der Waals surface area contributed by atoms with Crippen molar-refractivity contribution in [3.05, 3.63) is 22.4 Å². The Morgan fingerprint density at radius 3 is 2.56 bits per heavy atom. The molecule has 0 amide bonds. The van der Waals surface area contributed by atoms with Crippen molar-refractivity contribution in [2.75, 3.05) is 13.2 Å². The van der Waals surface area contributed by atoms with Crippen LogP contribution in [0.4, 0.5) is 0 Å². The van der Waals surface area contributed by atoms with E-state index in [1.54, 1.807) is 11.3 Å². The minimum atomic E-state index is 0.0471. The molecule has 1 aromatic rings. The Hall–Kier alpha value is -0.380. The molecule has 0 aliphatic heterocycles. The van der Waals surface area contributed by atoms with Gasteiger partial charge in [-0.1, -0.05) is 19.9 Å². The molecule has 0 bridgehead atoms. The molecule has 2 N–H and O–H groups in total. The van der Waals surface area contributed by atoms with Gasteiger partial charge in [0.15, 0.2) is 0 Å². The number of aliphatic hydroxyl groups is 1. The zero-order valence-corrected chi connectivity index (χ0v) is 11.3. The molecule has 0 radical (unpaired) electrons. The molecular weight excluding hydrogens is 218 g/mol. The Balaban J connectivity index is 2.49. The van der Waals surface area contributed by atoms with Gasteiger partial charge in [-0.3, -0.25) is 0 Å². The zero-order chi connectivity index (χ0) is 12.0. The van der Waals surface area contributed by atoms with E-state index in [1.165, 1.54) is 4.88 Å². The average Bonchev–Trinajstić information content (AvgIpc) is 2.85. The molecule has 16 heavy (non-hydrogen) atoms. The van der Waals surface area contributed by atoms with Crippen LogP contribution in [0.5, 0.6) is 0 Å². The van der Waals surface area contributed by atoms with Gasteiger partial charge >= 0.3 is 0 Å². The highest BCUT2D eigenvalue weighted by molar-refractivity contribution is 7.10. The van der Waals surface area contributed by atoms with E-state index < -0.39 is 0 Å². The predicted octanol–water partition coefficient (Wildman–Crippen LogP) is 3.20. The summed E-state index contributed by atoms with van der Waals surface area (Å²) in [4.78, 5) is 1.36. The second-order valence-electron chi connectivity index (χ2n) is 4.48. The topological polar surface area (TPSA) is 32.3 Å². The third-order valence-electron chi connectivity index (χ3n) is 3.59. The lowest BCUT2D eigenvalue weighted by Gasteiger charge is -2.31. The molecule has 0 spiro atoms. The molecule has 1 heterocycles. The second kappa shape index (κ2) is 6.38. The standard InChI is InChI=1S/C13H23NOS/c1-4-13(5-2,10-15)9-14-11(3)12-7-6-8-16-12/h6-8,11,14-15H,4-5,9-10H2,1-3H3/t11-/m1/s1. The average molecular weight is 241 g/mol. The molecule has 1 atom stereocenters. The van der Waals surface area contributed by atoms with Gasteiger partial charge in [-0.2, -0.15) is 0 Å². The molecule has 92 valence electrons. The van der Waals surface area contributed by atoms with Crippen LogP contribution in [0.15, 0.2) is 17.5 Å². The van der Waals surface area contributed by atoms with Gasteiger partial charge in [0.1, 0.15) is 0 Å². The SMILES string of the molecule is CCC(CC)(CO)CN[C@H](C)c1cccs1. The fraction of sp³-hybridized carbons (Fsp3) is 0.692. The van der Waals surface area contributed by atoms with Crippen molar-refractivity contribution >= 4 is 11.3 Å². The number of nitrogens with one attached hydrogen (secondary N) is 1. The zero-order valence-electron chi connectivity index (χ0n) is 10.5. The molecule has 0 saturated carbocycles. The minimum Gasteiger partial charge on any atom is -0.396 e. The van der Waals surface area contributed by atoms with Crippen LogP contribution in [0.25, 0.3) is 0 Å². The quantitative estimate of drug-likeness (QED) is 0.768. The maximum atomic E-state index is 9.48. The van der Waals surface area contributed by atoms with Gasteiger partial charge in [-0.05, 0) is 31.2 Å². The van der Waals surface area contributed by atoms with Crippen LogP contribution in [0.3, 0.4) is 0 Å². The van der Waals surface area contributed by atoms with E-state index in [2.05, 4.69) is 43.6 Å². The number of thiophene rings is 1. The van der Waals surface area contributed by atoms with Crippen molar-refractivity contribution in [1.82, 2.24) is 5.32 Å². The van der Waals surface area contributed by atoms with Crippen LogP contribution in [0.2, 0.25) is 0 Å². The molecule has 3 heteroatoms. The van der Waals surface area contributed by atoms with Gasteiger partial charge in [0.2, 0.25) is 0 Å². The summed E-state index contributed by atoms with van der Waals surface area (Å²) in [5, 5.41) is 15.1. The summed E-state index contributed by atoms with van der Waals surface area (Å²) in [6.07, 6.45) is 2.04. The first-order chi connectivity index (χ1) is 7.67. The van der Waals surface area contributed by atoms with E-state index >= 15 is 0 Å². The van der Waals surface area contributed by atoms with Crippen molar-refractivity contribution in [2.24, 2.45) is 5.41 Å². The third kappa shape index (κ3) is 3.30. The van der Waals surface area contributed by atoms with Crippen molar-refractivity contribution in [3.8, 4) is 0 Å². The monoisotopic (exact) mass is 241 g/mol. The van der Waals surface area contributed by atoms with Crippen LogP contribution in [-0.4, -0.2) is 18.3 Å². The Labute approximate surface area is 103 Å². The summed E-state index contributed by atoms with van der Waals surface area (Å²) >= 11 is 1.78.